The summed E-state index contributed by atoms with van der Waals surface area (Å²) in [5.74, 6) is 0. The second-order valence-electron chi connectivity index (χ2n) is 4.23. The highest BCUT2D eigenvalue weighted by Crippen LogP contribution is 2.19. The molecule has 0 bridgehead atoms. The van der Waals surface area contributed by atoms with Gasteiger partial charge in [0.05, 0.1) is 5.69 Å². The van der Waals surface area contributed by atoms with Crippen molar-refractivity contribution in [1.82, 2.24) is 9.55 Å². The van der Waals surface area contributed by atoms with Crippen molar-refractivity contribution in [3.63, 3.8) is 0 Å². The van der Waals surface area contributed by atoms with E-state index in [-0.39, 0.29) is 5.56 Å². The molecule has 1 aromatic carbocycles. The van der Waals surface area contributed by atoms with Gasteiger partial charge >= 0.3 is 0 Å². The van der Waals surface area contributed by atoms with E-state index < -0.39 is 0 Å². The number of hydrogen-bond acceptors (Lipinski definition) is 3. The lowest BCUT2D eigenvalue weighted by atomic mass is 10.1. The predicted octanol–water partition coefficient (Wildman–Crippen LogP) is 3.13. The molecule has 1 aromatic heterocycles. The van der Waals surface area contributed by atoms with Crippen LogP contribution >= 0.6 is 11.8 Å². The van der Waals surface area contributed by atoms with Gasteiger partial charge in [0.2, 0.25) is 0 Å². The smallest absolute Gasteiger partial charge is 0.255 e. The molecule has 1 heterocycles. The van der Waals surface area contributed by atoms with Crippen LogP contribution in [0.1, 0.15) is 5.56 Å². The molecule has 0 saturated heterocycles. The van der Waals surface area contributed by atoms with Gasteiger partial charge in [0.1, 0.15) is 0 Å². The minimum atomic E-state index is -0.0465. The van der Waals surface area contributed by atoms with Crippen LogP contribution in [0.25, 0.3) is 11.3 Å². The van der Waals surface area contributed by atoms with Crippen molar-refractivity contribution >= 4 is 11.8 Å². The van der Waals surface area contributed by atoms with Crippen molar-refractivity contribution in [2.45, 2.75) is 18.6 Å². The number of thioether (sulfide) groups is 1. The van der Waals surface area contributed by atoms with Crippen molar-refractivity contribution in [1.29, 1.82) is 0 Å². The predicted molar refractivity (Wildman–Crippen MR) is 80.6 cm³/mol. The quantitative estimate of drug-likeness (QED) is 0.487. The number of hydrogen-bond donors (Lipinski definition) is 0. The number of rotatable bonds is 4. The lowest BCUT2D eigenvalue weighted by molar-refractivity contribution is 0.660. The largest absolute Gasteiger partial charge is 0.284 e. The summed E-state index contributed by atoms with van der Waals surface area (Å²) in [5.41, 5.74) is 2.82. The number of aromatic nitrogens is 2. The zero-order valence-corrected chi connectivity index (χ0v) is 11.9. The Kier molecular flexibility index (Phi) is 4.22. The summed E-state index contributed by atoms with van der Waals surface area (Å²) in [5, 5.41) is 0.711. The van der Waals surface area contributed by atoms with Gasteiger partial charge in [-0.05, 0) is 13.2 Å². The number of allylic oxidation sites excluding steroid dienone is 1. The standard InChI is InChI=1S/C15H16N2OS/c1-4-9-17-14(18)10-13(16-15(17)19-3)12-7-5-11(2)6-8-12/h4-8,10H,1,9H2,2-3H3. The van der Waals surface area contributed by atoms with Crippen molar-refractivity contribution in [3.8, 4) is 11.3 Å². The van der Waals surface area contributed by atoms with Crippen LogP contribution in [0.5, 0.6) is 0 Å². The van der Waals surface area contributed by atoms with Gasteiger partial charge in [0.15, 0.2) is 5.16 Å². The summed E-state index contributed by atoms with van der Waals surface area (Å²) in [7, 11) is 0. The summed E-state index contributed by atoms with van der Waals surface area (Å²) in [6, 6.07) is 9.59. The maximum atomic E-state index is 12.1. The first-order chi connectivity index (χ1) is 9.15. The molecule has 98 valence electrons. The molecule has 0 atom stereocenters. The van der Waals surface area contributed by atoms with Crippen LogP contribution in [0.15, 0.2) is 52.9 Å². The van der Waals surface area contributed by atoms with Crippen LogP contribution in [0.4, 0.5) is 0 Å². The molecule has 19 heavy (non-hydrogen) atoms. The molecule has 0 saturated carbocycles. The Bertz CT molecular complexity index is 644. The Labute approximate surface area is 117 Å². The molecule has 0 N–H and O–H groups in total. The van der Waals surface area contributed by atoms with Gasteiger partial charge in [-0.25, -0.2) is 4.98 Å². The van der Waals surface area contributed by atoms with Gasteiger partial charge in [0.25, 0.3) is 5.56 Å². The van der Waals surface area contributed by atoms with E-state index in [1.54, 1.807) is 16.7 Å². The van der Waals surface area contributed by atoms with Gasteiger partial charge < -0.3 is 0 Å². The SMILES string of the molecule is C=CCn1c(SC)nc(-c2ccc(C)cc2)cc1=O. The average molecular weight is 272 g/mol. The molecular formula is C15H16N2OS. The maximum absolute atomic E-state index is 12.1. The highest BCUT2D eigenvalue weighted by atomic mass is 32.2. The molecule has 0 unspecified atom stereocenters. The summed E-state index contributed by atoms with van der Waals surface area (Å²) in [4.78, 5) is 16.7. The Morgan fingerprint density at radius 2 is 2.05 bits per heavy atom. The van der Waals surface area contributed by atoms with Gasteiger partial charge in [0, 0.05) is 18.2 Å². The molecule has 2 aromatic rings. The molecule has 2 rings (SSSR count). The summed E-state index contributed by atoms with van der Waals surface area (Å²) < 4.78 is 1.62. The average Bonchev–Trinajstić information content (AvgIpc) is 2.42. The van der Waals surface area contributed by atoms with Crippen molar-refractivity contribution in [2.24, 2.45) is 0 Å². The fraction of sp³-hybridized carbons (Fsp3) is 0.200. The second-order valence-corrected chi connectivity index (χ2v) is 5.01. The van der Waals surface area contributed by atoms with Gasteiger partial charge in [-0.3, -0.25) is 9.36 Å². The third-order valence-corrected chi connectivity index (χ3v) is 3.49. The van der Waals surface area contributed by atoms with E-state index in [1.807, 2.05) is 37.4 Å². The van der Waals surface area contributed by atoms with E-state index in [0.717, 1.165) is 11.3 Å². The molecule has 0 fully saturated rings. The number of nitrogens with zero attached hydrogens (tertiary/aromatic N) is 2. The van der Waals surface area contributed by atoms with Crippen LogP contribution in [0, 0.1) is 6.92 Å². The van der Waals surface area contributed by atoms with Crippen molar-refractivity contribution < 1.29 is 0 Å². The molecule has 0 amide bonds. The monoisotopic (exact) mass is 272 g/mol. The van der Waals surface area contributed by atoms with E-state index in [2.05, 4.69) is 11.6 Å². The third-order valence-electron chi connectivity index (χ3n) is 2.81. The topological polar surface area (TPSA) is 34.9 Å². The van der Waals surface area contributed by atoms with Crippen LogP contribution in [-0.2, 0) is 6.54 Å². The van der Waals surface area contributed by atoms with E-state index in [4.69, 9.17) is 0 Å². The van der Waals surface area contributed by atoms with E-state index in [9.17, 15) is 4.79 Å². The fourth-order valence-electron chi connectivity index (χ4n) is 1.81. The van der Waals surface area contributed by atoms with E-state index >= 15 is 0 Å². The lowest BCUT2D eigenvalue weighted by Gasteiger charge is -2.10. The summed E-state index contributed by atoms with van der Waals surface area (Å²) in [6.07, 6.45) is 3.62. The van der Waals surface area contributed by atoms with Crippen LogP contribution < -0.4 is 5.56 Å². The molecular weight excluding hydrogens is 256 g/mol. The molecule has 4 heteroatoms. The molecule has 3 nitrogen and oxygen atoms in total. The molecule has 0 spiro atoms. The zero-order valence-electron chi connectivity index (χ0n) is 11.1. The van der Waals surface area contributed by atoms with Crippen molar-refractivity contribution in [2.75, 3.05) is 6.26 Å². The van der Waals surface area contributed by atoms with Crippen LogP contribution in [-0.4, -0.2) is 15.8 Å². The first kappa shape index (κ1) is 13.6. The molecule has 0 aliphatic carbocycles. The van der Waals surface area contributed by atoms with Crippen molar-refractivity contribution in [3.05, 3.63) is 58.9 Å². The highest BCUT2D eigenvalue weighted by Gasteiger charge is 2.08. The third kappa shape index (κ3) is 2.96. The lowest BCUT2D eigenvalue weighted by Crippen LogP contribution is -2.21. The highest BCUT2D eigenvalue weighted by molar-refractivity contribution is 7.98. The van der Waals surface area contributed by atoms with Crippen LogP contribution in [0.2, 0.25) is 0 Å². The van der Waals surface area contributed by atoms with E-state index in [1.165, 1.54) is 17.3 Å². The minimum absolute atomic E-state index is 0.0465. The number of aryl methyl sites for hydroxylation is 1. The molecule has 0 aliphatic heterocycles. The van der Waals surface area contributed by atoms with Crippen LogP contribution in [0.3, 0.4) is 0 Å². The van der Waals surface area contributed by atoms with Gasteiger partial charge in [-0.2, -0.15) is 0 Å². The molecule has 0 aliphatic rings. The Hall–Kier alpha value is -1.81. The first-order valence-electron chi connectivity index (χ1n) is 5.99. The molecule has 0 radical (unpaired) electrons. The normalized spacial score (nSPS) is 10.4. The Morgan fingerprint density at radius 1 is 1.37 bits per heavy atom. The van der Waals surface area contributed by atoms with E-state index in [0.29, 0.717) is 11.7 Å². The summed E-state index contributed by atoms with van der Waals surface area (Å²) >= 11 is 1.47. The zero-order chi connectivity index (χ0) is 13.8. The maximum Gasteiger partial charge on any atom is 0.255 e. The van der Waals surface area contributed by atoms with Gasteiger partial charge in [-0.15, -0.1) is 6.58 Å². The Balaban J connectivity index is 2.54. The second kappa shape index (κ2) is 5.89. The summed E-state index contributed by atoms with van der Waals surface area (Å²) in [6.45, 7) is 6.18. The van der Waals surface area contributed by atoms with Gasteiger partial charge in [-0.1, -0.05) is 47.7 Å². The Morgan fingerprint density at radius 3 is 2.63 bits per heavy atom. The minimum Gasteiger partial charge on any atom is -0.284 e. The first-order valence-corrected chi connectivity index (χ1v) is 7.22. The number of benzene rings is 1. The fourth-order valence-corrected chi connectivity index (χ4v) is 2.38.